The summed E-state index contributed by atoms with van der Waals surface area (Å²) in [7, 11) is 0. The average Bonchev–Trinajstić information content (AvgIpc) is 2.91. The molecule has 0 N–H and O–H groups in total. The second-order valence-electron chi connectivity index (χ2n) is 8.48. The van der Waals surface area contributed by atoms with E-state index in [1.807, 2.05) is 0 Å². The molecule has 2 aromatic rings. The topological polar surface area (TPSA) is 63.7 Å². The molecule has 0 aromatic heterocycles. The number of carbonyl (C=O) groups excluding carboxylic acids is 3. The first-order valence-electron chi connectivity index (χ1n) is 9.72. The molecule has 0 spiro atoms. The highest BCUT2D eigenvalue weighted by molar-refractivity contribution is 6.30. The van der Waals surface area contributed by atoms with Crippen molar-refractivity contribution in [3.63, 3.8) is 0 Å². The summed E-state index contributed by atoms with van der Waals surface area (Å²) in [6.45, 7) is 6.51. The minimum Gasteiger partial charge on any atom is -0.443 e. The summed E-state index contributed by atoms with van der Waals surface area (Å²) in [5.41, 5.74) is -1.15. The maximum Gasteiger partial charge on any atom is 0.417 e. The Morgan fingerprint density at radius 3 is 2.10 bits per heavy atom. The number of rotatable bonds is 3. The molecule has 1 heterocycles. The Hall–Kier alpha value is -2.80. The van der Waals surface area contributed by atoms with Crippen molar-refractivity contribution in [2.45, 2.75) is 39.3 Å². The highest BCUT2D eigenvalue weighted by Gasteiger charge is 2.54. The number of imide groups is 1. The molecule has 3 unspecified atom stereocenters. The van der Waals surface area contributed by atoms with Crippen LogP contribution in [0.3, 0.4) is 0 Å². The van der Waals surface area contributed by atoms with E-state index >= 15 is 0 Å². The van der Waals surface area contributed by atoms with E-state index < -0.39 is 58.5 Å². The summed E-state index contributed by atoms with van der Waals surface area (Å²) in [5.74, 6) is -6.24. The summed E-state index contributed by atoms with van der Waals surface area (Å²) >= 11 is 5.95. The fraction of sp³-hybridized carbons (Fsp3) is 0.348. The van der Waals surface area contributed by atoms with Crippen molar-refractivity contribution >= 4 is 29.4 Å². The van der Waals surface area contributed by atoms with Crippen LogP contribution in [-0.4, -0.2) is 28.3 Å². The lowest BCUT2D eigenvalue weighted by molar-refractivity contribution is -0.130. The van der Waals surface area contributed by atoms with Gasteiger partial charge in [-0.25, -0.2) is 18.5 Å². The summed E-state index contributed by atoms with van der Waals surface area (Å²) in [5, 5.41) is 0.450. The van der Waals surface area contributed by atoms with Gasteiger partial charge in [-0.2, -0.15) is 0 Å². The number of likely N-dealkylation sites (tertiary alicyclic amines) is 1. The van der Waals surface area contributed by atoms with Crippen LogP contribution in [0.4, 0.5) is 13.6 Å². The molecule has 1 fully saturated rings. The zero-order chi connectivity index (χ0) is 23.1. The first-order chi connectivity index (χ1) is 14.4. The maximum atomic E-state index is 14.3. The van der Waals surface area contributed by atoms with Crippen molar-refractivity contribution in [3.05, 3.63) is 70.2 Å². The van der Waals surface area contributed by atoms with Gasteiger partial charge in [0.1, 0.15) is 23.2 Å². The van der Waals surface area contributed by atoms with E-state index in [1.54, 1.807) is 52.0 Å². The SMILES string of the molecule is CC1C(C(=O)c2c(F)cccc2F)C(=O)N(C(=O)OC(C)(C)C)C1c1ccc(Cl)cc1. The second kappa shape index (κ2) is 8.38. The smallest absolute Gasteiger partial charge is 0.417 e. The first-order valence-corrected chi connectivity index (χ1v) is 10.1. The Morgan fingerprint density at radius 1 is 1.03 bits per heavy atom. The fourth-order valence-electron chi connectivity index (χ4n) is 3.80. The van der Waals surface area contributed by atoms with Gasteiger partial charge in [0.25, 0.3) is 0 Å². The predicted molar refractivity (Wildman–Crippen MR) is 111 cm³/mol. The van der Waals surface area contributed by atoms with Gasteiger partial charge in [-0.05, 0) is 50.6 Å². The lowest BCUT2D eigenvalue weighted by Crippen LogP contribution is -2.40. The molecule has 1 aliphatic rings. The molecule has 1 saturated heterocycles. The second-order valence-corrected chi connectivity index (χ2v) is 8.92. The molecule has 0 radical (unpaired) electrons. The van der Waals surface area contributed by atoms with Gasteiger partial charge in [0.05, 0.1) is 11.6 Å². The van der Waals surface area contributed by atoms with E-state index in [0.29, 0.717) is 10.6 Å². The largest absolute Gasteiger partial charge is 0.443 e. The summed E-state index contributed by atoms with van der Waals surface area (Å²) in [6.07, 6.45) is -0.936. The van der Waals surface area contributed by atoms with Gasteiger partial charge in [-0.1, -0.05) is 36.7 Å². The normalized spacial score (nSPS) is 21.3. The zero-order valence-electron chi connectivity index (χ0n) is 17.5. The molecule has 31 heavy (non-hydrogen) atoms. The Kier molecular flexibility index (Phi) is 6.18. The van der Waals surface area contributed by atoms with Gasteiger partial charge in [0.15, 0.2) is 5.78 Å². The Bertz CT molecular complexity index is 1010. The van der Waals surface area contributed by atoms with Crippen molar-refractivity contribution in [1.29, 1.82) is 0 Å². The Balaban J connectivity index is 2.08. The quantitative estimate of drug-likeness (QED) is 0.454. The molecule has 0 saturated carbocycles. The maximum absolute atomic E-state index is 14.3. The number of amides is 2. The van der Waals surface area contributed by atoms with E-state index in [1.165, 1.54) is 0 Å². The number of carbonyl (C=O) groups is 3. The van der Waals surface area contributed by atoms with E-state index in [9.17, 15) is 23.2 Å². The molecule has 0 aliphatic carbocycles. The minimum absolute atomic E-state index is 0.450. The van der Waals surface area contributed by atoms with E-state index in [4.69, 9.17) is 16.3 Å². The predicted octanol–water partition coefficient (Wildman–Crippen LogP) is 5.57. The number of halogens is 3. The number of Topliss-reactive ketones (excluding diaryl/α,β-unsaturated/α-hetero) is 1. The Morgan fingerprint density at radius 2 is 1.58 bits per heavy atom. The molecule has 1 aliphatic heterocycles. The molecular weight excluding hydrogens is 428 g/mol. The molecule has 3 rings (SSSR count). The van der Waals surface area contributed by atoms with Crippen molar-refractivity contribution in [3.8, 4) is 0 Å². The number of ether oxygens (including phenoxy) is 1. The third-order valence-electron chi connectivity index (χ3n) is 5.10. The van der Waals surface area contributed by atoms with Gasteiger partial charge < -0.3 is 4.74 Å². The van der Waals surface area contributed by atoms with Crippen LogP contribution in [0, 0.1) is 23.5 Å². The van der Waals surface area contributed by atoms with Crippen molar-refractivity contribution in [2.75, 3.05) is 0 Å². The van der Waals surface area contributed by atoms with Crippen LogP contribution in [0.25, 0.3) is 0 Å². The molecule has 5 nitrogen and oxygen atoms in total. The van der Waals surface area contributed by atoms with Gasteiger partial charge in [-0.15, -0.1) is 0 Å². The van der Waals surface area contributed by atoms with Crippen LogP contribution in [-0.2, 0) is 9.53 Å². The number of hydrogen-bond acceptors (Lipinski definition) is 4. The summed E-state index contributed by atoms with van der Waals surface area (Å²) in [6, 6.07) is 8.59. The van der Waals surface area contributed by atoms with Crippen LogP contribution < -0.4 is 0 Å². The third kappa shape index (κ3) is 4.46. The lowest BCUT2D eigenvalue weighted by atomic mass is 9.83. The van der Waals surface area contributed by atoms with E-state index in [-0.39, 0.29) is 0 Å². The Labute approximate surface area is 183 Å². The number of nitrogens with zero attached hydrogens (tertiary/aromatic N) is 1. The van der Waals surface area contributed by atoms with Crippen LogP contribution in [0.2, 0.25) is 5.02 Å². The number of ketones is 1. The standard InChI is InChI=1S/C23H22ClF2NO4/c1-12-17(20(28)18-15(25)6-5-7-16(18)26)21(29)27(22(30)31-23(2,3)4)19(12)13-8-10-14(24)11-9-13/h5-12,17,19H,1-4H3. The molecule has 164 valence electrons. The molecule has 2 amide bonds. The van der Waals surface area contributed by atoms with Gasteiger partial charge >= 0.3 is 6.09 Å². The van der Waals surface area contributed by atoms with E-state index in [0.717, 1.165) is 23.1 Å². The van der Waals surface area contributed by atoms with Crippen LogP contribution in [0.15, 0.2) is 42.5 Å². The number of benzene rings is 2. The third-order valence-corrected chi connectivity index (χ3v) is 5.35. The highest BCUT2D eigenvalue weighted by Crippen LogP contribution is 2.44. The monoisotopic (exact) mass is 449 g/mol. The number of hydrogen-bond donors (Lipinski definition) is 0. The van der Waals surface area contributed by atoms with Crippen molar-refractivity contribution in [2.24, 2.45) is 11.8 Å². The fourth-order valence-corrected chi connectivity index (χ4v) is 3.92. The van der Waals surface area contributed by atoms with Gasteiger partial charge in [-0.3, -0.25) is 9.59 Å². The van der Waals surface area contributed by atoms with Gasteiger partial charge in [0, 0.05) is 10.9 Å². The zero-order valence-corrected chi connectivity index (χ0v) is 18.2. The van der Waals surface area contributed by atoms with Crippen LogP contribution in [0.5, 0.6) is 0 Å². The van der Waals surface area contributed by atoms with E-state index in [2.05, 4.69) is 0 Å². The van der Waals surface area contributed by atoms with Crippen molar-refractivity contribution < 1.29 is 27.9 Å². The minimum atomic E-state index is -1.46. The molecule has 3 atom stereocenters. The molecule has 0 bridgehead atoms. The first kappa shape index (κ1) is 22.9. The van der Waals surface area contributed by atoms with Crippen LogP contribution >= 0.6 is 11.6 Å². The average molecular weight is 450 g/mol. The van der Waals surface area contributed by atoms with Crippen molar-refractivity contribution in [1.82, 2.24) is 4.90 Å². The molecule has 8 heteroatoms. The highest BCUT2D eigenvalue weighted by atomic mass is 35.5. The molecular formula is C23H22ClF2NO4. The summed E-state index contributed by atoms with van der Waals surface area (Å²) in [4.78, 5) is 40.1. The van der Waals surface area contributed by atoms with Crippen LogP contribution in [0.1, 0.15) is 49.7 Å². The molecule has 2 aromatic carbocycles. The summed E-state index contributed by atoms with van der Waals surface area (Å²) < 4.78 is 33.9. The lowest BCUT2D eigenvalue weighted by Gasteiger charge is -2.28. The van der Waals surface area contributed by atoms with Gasteiger partial charge in [0.2, 0.25) is 5.91 Å².